The van der Waals surface area contributed by atoms with E-state index in [0.29, 0.717) is 0 Å². The molecule has 4 heteroatoms. The van der Waals surface area contributed by atoms with Gasteiger partial charge in [0.1, 0.15) is 12.1 Å². The van der Waals surface area contributed by atoms with Crippen molar-refractivity contribution < 1.29 is 0 Å². The first-order valence-corrected chi connectivity index (χ1v) is 6.30. The highest BCUT2D eigenvalue weighted by Crippen LogP contribution is 2.25. The van der Waals surface area contributed by atoms with Crippen LogP contribution in [0.4, 0.5) is 5.82 Å². The van der Waals surface area contributed by atoms with E-state index in [2.05, 4.69) is 27.2 Å². The smallest absolute Gasteiger partial charge is 0.133 e. The number of anilines is 1. The van der Waals surface area contributed by atoms with Crippen LogP contribution in [0.5, 0.6) is 0 Å². The molecular formula is C14H16N4. The summed E-state index contributed by atoms with van der Waals surface area (Å²) in [5, 5.41) is 3.42. The summed E-state index contributed by atoms with van der Waals surface area (Å²) in [6.45, 7) is 2.87. The molecule has 1 N–H and O–H groups in total. The lowest BCUT2D eigenvalue weighted by Gasteiger charge is -2.10. The zero-order chi connectivity index (χ0) is 12.4. The fraction of sp³-hybridized carbons (Fsp3) is 0.357. The van der Waals surface area contributed by atoms with Gasteiger partial charge in [0.15, 0.2) is 0 Å². The van der Waals surface area contributed by atoms with E-state index < -0.39 is 0 Å². The van der Waals surface area contributed by atoms with Crippen molar-refractivity contribution in [1.29, 1.82) is 0 Å². The minimum Gasteiger partial charge on any atom is -0.366 e. The molecule has 0 spiro atoms. The SMILES string of the molecule is Cc1cnccc1CNc1ncnc2c1CCC2. The number of nitrogens with zero attached hydrogens (tertiary/aromatic N) is 3. The van der Waals surface area contributed by atoms with Crippen LogP contribution >= 0.6 is 0 Å². The number of nitrogens with one attached hydrogen (secondary N) is 1. The second-order valence-corrected chi connectivity index (χ2v) is 4.66. The van der Waals surface area contributed by atoms with Crippen molar-refractivity contribution in [3.8, 4) is 0 Å². The third kappa shape index (κ3) is 2.06. The van der Waals surface area contributed by atoms with E-state index >= 15 is 0 Å². The average molecular weight is 240 g/mol. The van der Waals surface area contributed by atoms with E-state index in [4.69, 9.17) is 0 Å². The maximum absolute atomic E-state index is 4.36. The van der Waals surface area contributed by atoms with Crippen LogP contribution in [0.2, 0.25) is 0 Å². The largest absolute Gasteiger partial charge is 0.366 e. The number of pyridine rings is 1. The molecule has 0 atom stereocenters. The number of aryl methyl sites for hydroxylation is 2. The zero-order valence-electron chi connectivity index (χ0n) is 10.5. The van der Waals surface area contributed by atoms with Gasteiger partial charge in [-0.05, 0) is 43.4 Å². The number of aromatic nitrogens is 3. The van der Waals surface area contributed by atoms with Crippen LogP contribution in [-0.4, -0.2) is 15.0 Å². The van der Waals surface area contributed by atoms with Gasteiger partial charge >= 0.3 is 0 Å². The minimum absolute atomic E-state index is 0.789. The lowest BCUT2D eigenvalue weighted by molar-refractivity contribution is 0.899. The fourth-order valence-electron chi connectivity index (χ4n) is 2.39. The molecule has 0 aliphatic heterocycles. The molecule has 2 aromatic heterocycles. The van der Waals surface area contributed by atoms with Gasteiger partial charge in [-0.1, -0.05) is 0 Å². The summed E-state index contributed by atoms with van der Waals surface area (Å²) >= 11 is 0. The molecule has 18 heavy (non-hydrogen) atoms. The predicted octanol–water partition coefficient (Wildman–Crippen LogP) is 2.28. The van der Waals surface area contributed by atoms with Crippen LogP contribution < -0.4 is 5.32 Å². The molecule has 1 aliphatic carbocycles. The van der Waals surface area contributed by atoms with Gasteiger partial charge in [0.2, 0.25) is 0 Å². The molecule has 92 valence electrons. The maximum Gasteiger partial charge on any atom is 0.133 e. The van der Waals surface area contributed by atoms with Crippen LogP contribution in [0.25, 0.3) is 0 Å². The predicted molar refractivity (Wildman–Crippen MR) is 70.4 cm³/mol. The summed E-state index contributed by atoms with van der Waals surface area (Å²) in [6.07, 6.45) is 8.74. The Morgan fingerprint density at radius 2 is 2.22 bits per heavy atom. The van der Waals surface area contributed by atoms with Crippen molar-refractivity contribution in [3.05, 3.63) is 47.2 Å². The van der Waals surface area contributed by atoms with Gasteiger partial charge in [-0.15, -0.1) is 0 Å². The molecule has 1 aliphatic rings. The molecule has 0 radical (unpaired) electrons. The highest BCUT2D eigenvalue weighted by molar-refractivity contribution is 5.48. The molecular weight excluding hydrogens is 224 g/mol. The first-order chi connectivity index (χ1) is 8.84. The van der Waals surface area contributed by atoms with Crippen LogP contribution in [0.3, 0.4) is 0 Å². The highest BCUT2D eigenvalue weighted by Gasteiger charge is 2.16. The Hall–Kier alpha value is -1.97. The molecule has 0 saturated heterocycles. The summed E-state index contributed by atoms with van der Waals surface area (Å²) in [7, 11) is 0. The molecule has 0 unspecified atom stereocenters. The van der Waals surface area contributed by atoms with Crippen molar-refractivity contribution in [3.63, 3.8) is 0 Å². The van der Waals surface area contributed by atoms with Crippen molar-refractivity contribution in [2.45, 2.75) is 32.7 Å². The number of fused-ring (bicyclic) bond motifs is 1. The second-order valence-electron chi connectivity index (χ2n) is 4.66. The van der Waals surface area contributed by atoms with Crippen LogP contribution in [-0.2, 0) is 19.4 Å². The van der Waals surface area contributed by atoms with E-state index in [9.17, 15) is 0 Å². The standard InChI is InChI=1S/C14H16N4/c1-10-7-15-6-5-11(10)8-16-14-12-3-2-4-13(12)17-9-18-14/h5-7,9H,2-4,8H2,1H3,(H,16,17,18). The van der Waals surface area contributed by atoms with Crippen molar-refractivity contribution >= 4 is 5.82 Å². The monoisotopic (exact) mass is 240 g/mol. The second kappa shape index (κ2) is 4.72. The molecule has 4 nitrogen and oxygen atoms in total. The Balaban J connectivity index is 1.78. The van der Waals surface area contributed by atoms with Gasteiger partial charge in [0.05, 0.1) is 0 Å². The van der Waals surface area contributed by atoms with Crippen molar-refractivity contribution in [2.75, 3.05) is 5.32 Å². The molecule has 0 fully saturated rings. The van der Waals surface area contributed by atoms with Gasteiger partial charge in [0, 0.05) is 30.2 Å². The minimum atomic E-state index is 0.789. The Morgan fingerprint density at radius 1 is 1.28 bits per heavy atom. The maximum atomic E-state index is 4.36. The van der Waals surface area contributed by atoms with Crippen LogP contribution in [0.15, 0.2) is 24.8 Å². The lowest BCUT2D eigenvalue weighted by Crippen LogP contribution is -2.06. The number of hydrogen-bond acceptors (Lipinski definition) is 4. The van der Waals surface area contributed by atoms with Crippen LogP contribution in [0.1, 0.15) is 28.8 Å². The fourth-order valence-corrected chi connectivity index (χ4v) is 2.39. The van der Waals surface area contributed by atoms with Gasteiger partial charge in [-0.2, -0.15) is 0 Å². The summed E-state index contributed by atoms with van der Waals surface area (Å²) in [5.74, 6) is 0.994. The van der Waals surface area contributed by atoms with E-state index in [-0.39, 0.29) is 0 Å². The van der Waals surface area contributed by atoms with E-state index in [0.717, 1.165) is 25.2 Å². The van der Waals surface area contributed by atoms with Gasteiger partial charge < -0.3 is 5.32 Å². The first kappa shape index (κ1) is 11.1. The summed E-state index contributed by atoms with van der Waals surface area (Å²) in [6, 6.07) is 2.05. The van der Waals surface area contributed by atoms with Crippen molar-refractivity contribution in [1.82, 2.24) is 15.0 Å². The first-order valence-electron chi connectivity index (χ1n) is 6.30. The van der Waals surface area contributed by atoms with E-state index in [1.807, 2.05) is 18.5 Å². The third-order valence-corrected chi connectivity index (χ3v) is 3.46. The normalized spacial score (nSPS) is 13.4. The average Bonchev–Trinajstić information content (AvgIpc) is 2.86. The van der Waals surface area contributed by atoms with E-state index in [1.165, 1.54) is 28.8 Å². The van der Waals surface area contributed by atoms with Gasteiger partial charge in [-0.3, -0.25) is 4.98 Å². The molecule has 0 aromatic carbocycles. The third-order valence-electron chi connectivity index (χ3n) is 3.46. The zero-order valence-corrected chi connectivity index (χ0v) is 10.5. The van der Waals surface area contributed by atoms with E-state index in [1.54, 1.807) is 6.33 Å². The summed E-state index contributed by atoms with van der Waals surface area (Å²) in [4.78, 5) is 12.8. The Morgan fingerprint density at radius 3 is 3.11 bits per heavy atom. The molecule has 0 saturated carbocycles. The Labute approximate surface area is 107 Å². The van der Waals surface area contributed by atoms with Crippen molar-refractivity contribution in [2.24, 2.45) is 0 Å². The number of hydrogen-bond donors (Lipinski definition) is 1. The lowest BCUT2D eigenvalue weighted by atomic mass is 10.1. The molecule has 0 amide bonds. The van der Waals surface area contributed by atoms with Crippen LogP contribution in [0, 0.1) is 6.92 Å². The molecule has 2 heterocycles. The number of rotatable bonds is 3. The Kier molecular flexibility index (Phi) is 2.92. The molecule has 0 bridgehead atoms. The molecule has 3 rings (SSSR count). The summed E-state index contributed by atoms with van der Waals surface area (Å²) < 4.78 is 0. The topological polar surface area (TPSA) is 50.7 Å². The Bertz CT molecular complexity index is 565. The summed E-state index contributed by atoms with van der Waals surface area (Å²) in [5.41, 5.74) is 4.97. The van der Waals surface area contributed by atoms with Gasteiger partial charge in [-0.25, -0.2) is 9.97 Å². The molecule has 2 aromatic rings. The van der Waals surface area contributed by atoms with Gasteiger partial charge in [0.25, 0.3) is 0 Å². The quantitative estimate of drug-likeness (QED) is 0.894. The highest BCUT2D eigenvalue weighted by atomic mass is 15.0.